The highest BCUT2D eigenvalue weighted by Gasteiger charge is 2.70. The number of amides is 4. The molecule has 1 heterocycles. The summed E-state index contributed by atoms with van der Waals surface area (Å²) in [5, 5.41) is 7.99. The van der Waals surface area contributed by atoms with Gasteiger partial charge in [0.15, 0.2) is 0 Å². The summed E-state index contributed by atoms with van der Waals surface area (Å²) in [6.07, 6.45) is 1.03. The SMILES string of the molecule is C=CCNC(=O)C(=O)C(CC(C)C)NC(=O)C1[C@@H]2[C@H](CN1C(=O)[C@@H](NC(=O)OC(C)(C)C)C(C)(C)C)C2(C)C. The zero-order chi connectivity index (χ0) is 30.1. The Bertz CT molecular complexity index is 991. The molecule has 3 N–H and O–H groups in total. The maximum atomic E-state index is 13.9. The summed E-state index contributed by atoms with van der Waals surface area (Å²) in [6, 6.07) is -2.80. The highest BCUT2D eigenvalue weighted by Crippen LogP contribution is 2.65. The normalized spacial score (nSPS) is 23.3. The van der Waals surface area contributed by atoms with Gasteiger partial charge < -0.3 is 25.6 Å². The van der Waals surface area contributed by atoms with E-state index >= 15 is 0 Å². The molecule has 0 radical (unpaired) electrons. The van der Waals surface area contributed by atoms with Crippen LogP contribution in [0.3, 0.4) is 0 Å². The van der Waals surface area contributed by atoms with E-state index in [9.17, 15) is 24.0 Å². The van der Waals surface area contributed by atoms with Crippen LogP contribution in [0.4, 0.5) is 4.79 Å². The molecule has 10 nitrogen and oxygen atoms in total. The molecule has 2 rings (SSSR count). The fraction of sp³-hybridized carbons (Fsp3) is 0.759. The topological polar surface area (TPSA) is 134 Å². The number of nitrogens with zero attached hydrogens (tertiary/aromatic N) is 1. The summed E-state index contributed by atoms with van der Waals surface area (Å²) in [5.74, 6) is -2.35. The van der Waals surface area contributed by atoms with Crippen LogP contribution in [0.25, 0.3) is 0 Å². The lowest BCUT2D eigenvalue weighted by molar-refractivity contribution is -0.145. The number of hydrogen-bond donors (Lipinski definition) is 3. The van der Waals surface area contributed by atoms with E-state index in [0.717, 1.165) is 0 Å². The lowest BCUT2D eigenvalue weighted by Gasteiger charge is -2.38. The smallest absolute Gasteiger partial charge is 0.408 e. The molecular formula is C29H48N4O6. The molecule has 5 atom stereocenters. The zero-order valence-corrected chi connectivity index (χ0v) is 25.3. The number of nitrogens with one attached hydrogen (secondary N) is 3. The van der Waals surface area contributed by atoms with E-state index in [-0.39, 0.29) is 42.0 Å². The minimum atomic E-state index is -1.03. The van der Waals surface area contributed by atoms with Crippen molar-refractivity contribution in [2.24, 2.45) is 28.6 Å². The second-order valence-electron chi connectivity index (χ2n) is 13.9. The fourth-order valence-corrected chi connectivity index (χ4v) is 5.42. The third-order valence-electron chi connectivity index (χ3n) is 7.51. The van der Waals surface area contributed by atoms with Crippen molar-refractivity contribution in [1.29, 1.82) is 0 Å². The van der Waals surface area contributed by atoms with Crippen LogP contribution >= 0.6 is 0 Å². The van der Waals surface area contributed by atoms with Gasteiger partial charge in [-0.05, 0) is 55.8 Å². The second-order valence-corrected chi connectivity index (χ2v) is 13.9. The van der Waals surface area contributed by atoms with Crippen molar-refractivity contribution in [2.75, 3.05) is 13.1 Å². The minimum absolute atomic E-state index is 0.0289. The van der Waals surface area contributed by atoms with Crippen LogP contribution in [0.5, 0.6) is 0 Å². The van der Waals surface area contributed by atoms with E-state index < -0.39 is 52.8 Å². The fourth-order valence-electron chi connectivity index (χ4n) is 5.42. The van der Waals surface area contributed by atoms with Crippen molar-refractivity contribution in [3.8, 4) is 0 Å². The van der Waals surface area contributed by atoms with Crippen LogP contribution in [0.1, 0.15) is 75.7 Å². The summed E-state index contributed by atoms with van der Waals surface area (Å²) in [6.45, 7) is 22.7. The van der Waals surface area contributed by atoms with Gasteiger partial charge >= 0.3 is 6.09 Å². The first-order valence-electron chi connectivity index (χ1n) is 13.8. The maximum absolute atomic E-state index is 13.9. The van der Waals surface area contributed by atoms with Gasteiger partial charge in [-0.3, -0.25) is 19.2 Å². The van der Waals surface area contributed by atoms with Crippen LogP contribution in [-0.4, -0.2) is 71.3 Å². The average molecular weight is 549 g/mol. The molecule has 0 aromatic rings. The number of likely N-dealkylation sites (tertiary alicyclic amines) is 1. The van der Waals surface area contributed by atoms with E-state index in [1.807, 2.05) is 34.6 Å². The Labute approximate surface area is 233 Å². The van der Waals surface area contributed by atoms with Crippen LogP contribution < -0.4 is 16.0 Å². The molecule has 10 heteroatoms. The van der Waals surface area contributed by atoms with E-state index in [1.54, 1.807) is 20.8 Å². The Morgan fingerprint density at radius 1 is 1.05 bits per heavy atom. The molecule has 220 valence electrons. The Hall–Kier alpha value is -2.91. The van der Waals surface area contributed by atoms with Crippen LogP contribution in [0.2, 0.25) is 0 Å². The zero-order valence-electron chi connectivity index (χ0n) is 25.3. The van der Waals surface area contributed by atoms with Gasteiger partial charge in [-0.25, -0.2) is 4.79 Å². The first-order valence-corrected chi connectivity index (χ1v) is 13.8. The first-order chi connectivity index (χ1) is 17.7. The lowest BCUT2D eigenvalue weighted by atomic mass is 9.85. The molecule has 2 unspecified atom stereocenters. The summed E-state index contributed by atoms with van der Waals surface area (Å²) in [7, 11) is 0. The first kappa shape index (κ1) is 32.3. The van der Waals surface area contributed by atoms with Gasteiger partial charge in [-0.15, -0.1) is 6.58 Å². The van der Waals surface area contributed by atoms with Crippen molar-refractivity contribution in [3.63, 3.8) is 0 Å². The molecule has 1 aliphatic carbocycles. The second kappa shape index (κ2) is 11.7. The number of alkyl carbamates (subject to hydrolysis) is 1. The van der Waals surface area contributed by atoms with E-state index in [0.29, 0.717) is 6.54 Å². The number of ether oxygens (including phenoxy) is 1. The Balaban J connectivity index is 2.33. The van der Waals surface area contributed by atoms with Crippen LogP contribution in [-0.2, 0) is 23.9 Å². The van der Waals surface area contributed by atoms with E-state index in [2.05, 4.69) is 36.4 Å². The number of fused-ring (bicyclic) bond motifs is 1. The summed E-state index contributed by atoms with van der Waals surface area (Å²) < 4.78 is 5.40. The third kappa shape index (κ3) is 7.82. The predicted molar refractivity (Wildman–Crippen MR) is 148 cm³/mol. The van der Waals surface area contributed by atoms with E-state index in [4.69, 9.17) is 4.74 Å². The summed E-state index contributed by atoms with van der Waals surface area (Å²) in [5.41, 5.74) is -1.57. The number of piperidine rings is 1. The molecule has 4 amide bonds. The molecule has 2 fully saturated rings. The van der Waals surface area contributed by atoms with Crippen molar-refractivity contribution in [2.45, 2.75) is 99.4 Å². The van der Waals surface area contributed by atoms with Crippen LogP contribution in [0.15, 0.2) is 12.7 Å². The largest absolute Gasteiger partial charge is 0.444 e. The van der Waals surface area contributed by atoms with Gasteiger partial charge in [0.25, 0.3) is 5.91 Å². The van der Waals surface area contributed by atoms with Gasteiger partial charge in [0, 0.05) is 13.1 Å². The molecule has 2 aliphatic rings. The summed E-state index contributed by atoms with van der Waals surface area (Å²) in [4.78, 5) is 67.2. The number of carbonyl (C=O) groups is 5. The Kier molecular flexibility index (Phi) is 9.67. The monoisotopic (exact) mass is 548 g/mol. The average Bonchev–Trinajstić information content (AvgIpc) is 3.11. The van der Waals surface area contributed by atoms with Gasteiger partial charge in [0.2, 0.25) is 17.6 Å². The lowest BCUT2D eigenvalue weighted by Crippen LogP contribution is -2.61. The Morgan fingerprint density at radius 2 is 1.64 bits per heavy atom. The van der Waals surface area contributed by atoms with Gasteiger partial charge in [0.05, 0.1) is 6.04 Å². The predicted octanol–water partition coefficient (Wildman–Crippen LogP) is 2.81. The standard InChI is InChI=1S/C29H48N4O6/c1-12-13-30-24(36)21(34)18(14-16(2)3)31-23(35)20-19-17(29(19,10)11)15-33(20)25(37)22(27(4,5)6)32-26(38)39-28(7,8)9/h12,16-20,22H,1,13-15H2,2-11H3,(H,30,36)(H,31,35)(H,32,38)/t17-,18?,19-,20?,22+/m0/s1. The molecule has 1 saturated carbocycles. The molecular weight excluding hydrogens is 500 g/mol. The van der Waals surface area contributed by atoms with Crippen molar-refractivity contribution < 1.29 is 28.7 Å². The van der Waals surface area contributed by atoms with Crippen LogP contribution in [0, 0.1) is 28.6 Å². The van der Waals surface area contributed by atoms with Crippen molar-refractivity contribution in [3.05, 3.63) is 12.7 Å². The van der Waals surface area contributed by atoms with Crippen molar-refractivity contribution >= 4 is 29.6 Å². The molecule has 1 aliphatic heterocycles. The van der Waals surface area contributed by atoms with Crippen molar-refractivity contribution in [1.82, 2.24) is 20.9 Å². The number of hydrogen-bond acceptors (Lipinski definition) is 6. The maximum Gasteiger partial charge on any atom is 0.408 e. The highest BCUT2D eigenvalue weighted by molar-refractivity contribution is 6.38. The molecule has 0 spiro atoms. The minimum Gasteiger partial charge on any atom is -0.444 e. The molecule has 0 aromatic heterocycles. The Morgan fingerprint density at radius 3 is 2.13 bits per heavy atom. The quantitative estimate of drug-likeness (QED) is 0.284. The molecule has 39 heavy (non-hydrogen) atoms. The summed E-state index contributed by atoms with van der Waals surface area (Å²) >= 11 is 0. The number of Topliss-reactive ketones (excluding diaryl/α,β-unsaturated/α-hetero) is 1. The van der Waals surface area contributed by atoms with Gasteiger partial charge in [-0.2, -0.15) is 0 Å². The van der Waals surface area contributed by atoms with E-state index in [1.165, 1.54) is 11.0 Å². The highest BCUT2D eigenvalue weighted by atomic mass is 16.6. The molecule has 0 bridgehead atoms. The third-order valence-corrected chi connectivity index (χ3v) is 7.51. The molecule has 0 aromatic carbocycles. The van der Waals surface area contributed by atoms with Gasteiger partial charge in [0.1, 0.15) is 17.7 Å². The van der Waals surface area contributed by atoms with Gasteiger partial charge in [-0.1, -0.05) is 54.5 Å². The number of ketones is 1. The number of carbonyl (C=O) groups excluding carboxylic acids is 5. The number of rotatable bonds is 10. The molecule has 1 saturated heterocycles.